The van der Waals surface area contributed by atoms with Gasteiger partial charge in [0.05, 0.1) is 7.11 Å². The van der Waals surface area contributed by atoms with E-state index in [1.165, 1.54) is 7.11 Å². The van der Waals surface area contributed by atoms with Gasteiger partial charge in [-0.05, 0) is 37.0 Å². The molecule has 1 atom stereocenters. The lowest BCUT2D eigenvalue weighted by atomic mass is 10.1. The fourth-order valence-electron chi connectivity index (χ4n) is 1.54. The van der Waals surface area contributed by atoms with E-state index in [4.69, 9.17) is 11.6 Å². The molecule has 17 heavy (non-hydrogen) atoms. The number of halogens is 1. The Hall–Kier alpha value is -1.42. The van der Waals surface area contributed by atoms with Crippen LogP contribution in [0.1, 0.15) is 18.4 Å². The molecule has 0 heterocycles. The van der Waals surface area contributed by atoms with Crippen LogP contribution in [0.2, 0.25) is 5.02 Å². The van der Waals surface area contributed by atoms with Crippen LogP contribution in [0.4, 0.5) is 0 Å². The molecule has 1 unspecified atom stereocenters. The Morgan fingerprint density at radius 1 is 1.53 bits per heavy atom. The van der Waals surface area contributed by atoms with E-state index in [0.717, 1.165) is 12.0 Å². The van der Waals surface area contributed by atoms with Gasteiger partial charge in [0.25, 0.3) is 0 Å². The summed E-state index contributed by atoms with van der Waals surface area (Å²) in [6.45, 7) is 0. The summed E-state index contributed by atoms with van der Waals surface area (Å²) in [5.74, 6) is -0.578. The maximum absolute atomic E-state index is 11.1. The molecular weight excluding hydrogens is 242 g/mol. The van der Waals surface area contributed by atoms with Crippen molar-refractivity contribution in [2.45, 2.75) is 25.3 Å². The van der Waals surface area contributed by atoms with Crippen molar-refractivity contribution >= 4 is 17.6 Å². The summed E-state index contributed by atoms with van der Waals surface area (Å²) in [5, 5.41) is 3.44. The zero-order chi connectivity index (χ0) is 12.7. The lowest BCUT2D eigenvalue weighted by Gasteiger charge is -2.06. The number of benzene rings is 1. The number of nitrogens with zero attached hydrogens (tertiary/aromatic N) is 1. The van der Waals surface area contributed by atoms with E-state index in [0.29, 0.717) is 17.9 Å². The van der Waals surface area contributed by atoms with Crippen molar-refractivity contribution in [3.63, 3.8) is 0 Å². The Balaban J connectivity index is 2.41. The van der Waals surface area contributed by atoms with Crippen LogP contribution in [0.3, 0.4) is 0 Å². The molecule has 0 aromatic heterocycles. The number of rotatable bonds is 6. The average Bonchev–Trinajstić information content (AvgIpc) is 2.34. The third-order valence-corrected chi connectivity index (χ3v) is 2.67. The predicted octanol–water partition coefficient (Wildman–Crippen LogP) is 2.97. The lowest BCUT2D eigenvalue weighted by Crippen LogP contribution is -2.19. The van der Waals surface area contributed by atoms with Crippen LogP contribution in [0.5, 0.6) is 0 Å². The fourth-order valence-corrected chi connectivity index (χ4v) is 1.75. The van der Waals surface area contributed by atoms with Gasteiger partial charge in [-0.1, -0.05) is 28.9 Å². The third kappa shape index (κ3) is 4.53. The van der Waals surface area contributed by atoms with Crippen LogP contribution in [-0.4, -0.2) is 19.1 Å². The van der Waals surface area contributed by atoms with Gasteiger partial charge in [-0.15, -0.1) is 4.91 Å². The molecule has 1 aromatic rings. The highest BCUT2D eigenvalue weighted by molar-refractivity contribution is 6.30. The maximum Gasteiger partial charge on any atom is 0.334 e. The van der Waals surface area contributed by atoms with Crippen LogP contribution in [0, 0.1) is 4.91 Å². The van der Waals surface area contributed by atoms with Gasteiger partial charge < -0.3 is 4.74 Å². The number of carbonyl (C=O) groups excluding carboxylic acids is 1. The number of nitroso groups, excluding NO2 is 1. The van der Waals surface area contributed by atoms with E-state index >= 15 is 0 Å². The minimum absolute atomic E-state index is 0.392. The van der Waals surface area contributed by atoms with E-state index in [1.54, 1.807) is 6.07 Å². The molecule has 5 heteroatoms. The minimum Gasteiger partial charge on any atom is -0.467 e. The normalized spacial score (nSPS) is 11.9. The lowest BCUT2D eigenvalue weighted by molar-refractivity contribution is -0.142. The second-order valence-corrected chi connectivity index (χ2v) is 4.10. The standard InChI is InChI=1S/C12H14ClNO3/c1-17-12(15)11(14-16)7-3-5-9-4-2-6-10(13)8-9/h2,4,6,8,11H,3,5,7H2,1H3. The van der Waals surface area contributed by atoms with E-state index in [1.807, 2.05) is 18.2 Å². The van der Waals surface area contributed by atoms with Crippen LogP contribution >= 0.6 is 11.6 Å². The molecule has 0 bridgehead atoms. The van der Waals surface area contributed by atoms with Crippen molar-refractivity contribution in [1.82, 2.24) is 0 Å². The average molecular weight is 256 g/mol. The van der Waals surface area contributed by atoms with Crippen LogP contribution in [-0.2, 0) is 16.0 Å². The Morgan fingerprint density at radius 3 is 2.88 bits per heavy atom. The molecule has 0 radical (unpaired) electrons. The molecule has 0 spiro atoms. The number of ether oxygens (including phenoxy) is 1. The highest BCUT2D eigenvalue weighted by atomic mass is 35.5. The molecule has 0 saturated carbocycles. The summed E-state index contributed by atoms with van der Waals surface area (Å²) in [5.41, 5.74) is 1.08. The molecular formula is C12H14ClNO3. The molecule has 0 aliphatic heterocycles. The van der Waals surface area contributed by atoms with Crippen LogP contribution in [0.25, 0.3) is 0 Å². The topological polar surface area (TPSA) is 55.7 Å². The third-order valence-electron chi connectivity index (χ3n) is 2.43. The number of methoxy groups -OCH3 is 1. The van der Waals surface area contributed by atoms with Gasteiger partial charge in [0.15, 0.2) is 6.04 Å². The predicted molar refractivity (Wildman–Crippen MR) is 66.0 cm³/mol. The summed E-state index contributed by atoms with van der Waals surface area (Å²) < 4.78 is 4.47. The summed E-state index contributed by atoms with van der Waals surface area (Å²) in [6, 6.07) is 6.58. The first-order valence-electron chi connectivity index (χ1n) is 5.32. The Kier molecular flexibility index (Phi) is 5.63. The molecule has 1 aromatic carbocycles. The Morgan fingerprint density at radius 2 is 2.29 bits per heavy atom. The maximum atomic E-state index is 11.1. The first kappa shape index (κ1) is 13.6. The molecule has 1 rings (SSSR count). The molecule has 0 aliphatic carbocycles. The smallest absolute Gasteiger partial charge is 0.334 e. The first-order chi connectivity index (χ1) is 8.17. The largest absolute Gasteiger partial charge is 0.467 e. The molecule has 92 valence electrons. The molecule has 0 fully saturated rings. The van der Waals surface area contributed by atoms with Gasteiger partial charge in [0.2, 0.25) is 0 Å². The van der Waals surface area contributed by atoms with Gasteiger partial charge in [0, 0.05) is 5.02 Å². The number of carbonyl (C=O) groups is 1. The van der Waals surface area contributed by atoms with Crippen LogP contribution < -0.4 is 0 Å². The number of hydrogen-bond acceptors (Lipinski definition) is 4. The van der Waals surface area contributed by atoms with Crippen molar-refractivity contribution in [1.29, 1.82) is 0 Å². The van der Waals surface area contributed by atoms with Gasteiger partial charge in [-0.2, -0.15) is 0 Å². The quantitative estimate of drug-likeness (QED) is 0.580. The second kappa shape index (κ2) is 7.01. The van der Waals surface area contributed by atoms with Gasteiger partial charge >= 0.3 is 5.97 Å². The summed E-state index contributed by atoms with van der Waals surface area (Å²) in [7, 11) is 1.25. The van der Waals surface area contributed by atoms with Crippen molar-refractivity contribution in [2.75, 3.05) is 7.11 Å². The Bertz CT molecular complexity index is 395. The number of aryl methyl sites for hydroxylation is 1. The fraction of sp³-hybridized carbons (Fsp3) is 0.417. The zero-order valence-corrected chi connectivity index (χ0v) is 10.3. The second-order valence-electron chi connectivity index (χ2n) is 3.67. The first-order valence-corrected chi connectivity index (χ1v) is 5.70. The number of hydrogen-bond donors (Lipinski definition) is 0. The summed E-state index contributed by atoms with van der Waals surface area (Å²) >= 11 is 5.84. The minimum atomic E-state index is -0.904. The Labute approximate surface area is 105 Å². The SMILES string of the molecule is COC(=O)C(CCCc1cccc(Cl)c1)N=O. The summed E-state index contributed by atoms with van der Waals surface area (Å²) in [6.07, 6.45) is 1.83. The van der Waals surface area contributed by atoms with E-state index in [-0.39, 0.29) is 0 Å². The summed E-state index contributed by atoms with van der Waals surface area (Å²) in [4.78, 5) is 21.5. The molecule has 0 aliphatic rings. The molecule has 0 amide bonds. The number of esters is 1. The molecule has 4 nitrogen and oxygen atoms in total. The molecule has 0 saturated heterocycles. The highest BCUT2D eigenvalue weighted by Crippen LogP contribution is 2.14. The van der Waals surface area contributed by atoms with Crippen molar-refractivity contribution in [3.8, 4) is 0 Å². The van der Waals surface area contributed by atoms with Gasteiger partial charge in [-0.25, -0.2) is 4.79 Å². The van der Waals surface area contributed by atoms with Crippen LogP contribution in [0.15, 0.2) is 29.4 Å². The monoisotopic (exact) mass is 255 g/mol. The van der Waals surface area contributed by atoms with E-state index in [2.05, 4.69) is 9.91 Å². The van der Waals surface area contributed by atoms with E-state index < -0.39 is 12.0 Å². The van der Waals surface area contributed by atoms with Crippen molar-refractivity contribution in [2.24, 2.45) is 5.18 Å². The highest BCUT2D eigenvalue weighted by Gasteiger charge is 2.18. The zero-order valence-electron chi connectivity index (χ0n) is 9.56. The van der Waals surface area contributed by atoms with Crippen molar-refractivity contribution in [3.05, 3.63) is 39.8 Å². The van der Waals surface area contributed by atoms with Gasteiger partial charge in [0.1, 0.15) is 0 Å². The van der Waals surface area contributed by atoms with Gasteiger partial charge in [-0.3, -0.25) is 0 Å². The molecule has 0 N–H and O–H groups in total. The van der Waals surface area contributed by atoms with Crippen molar-refractivity contribution < 1.29 is 9.53 Å². The van der Waals surface area contributed by atoms with E-state index in [9.17, 15) is 9.70 Å².